The Morgan fingerprint density at radius 3 is 2.30 bits per heavy atom. The van der Waals surface area contributed by atoms with Gasteiger partial charge in [0.05, 0.1) is 18.2 Å². The molecule has 5 heteroatoms. The molecule has 0 fully saturated rings. The largest absolute Gasteiger partial charge is 0.496 e. The van der Waals surface area contributed by atoms with Crippen LogP contribution in [0.1, 0.15) is 31.1 Å². The molecule has 2 rings (SSSR count). The first-order valence-corrected chi connectivity index (χ1v) is 6.18. The number of alkyl halides is 3. The van der Waals surface area contributed by atoms with Gasteiger partial charge in [-0.2, -0.15) is 13.2 Å². The first-order chi connectivity index (χ1) is 9.32. The van der Waals surface area contributed by atoms with Crippen molar-refractivity contribution >= 4 is 0 Å². The fraction of sp³-hybridized carbons (Fsp3) is 0.333. The van der Waals surface area contributed by atoms with Gasteiger partial charge in [-0.3, -0.25) is 0 Å². The number of benzene rings is 1. The van der Waals surface area contributed by atoms with Gasteiger partial charge in [-0.1, -0.05) is 13.8 Å². The summed E-state index contributed by atoms with van der Waals surface area (Å²) >= 11 is 0. The van der Waals surface area contributed by atoms with E-state index < -0.39 is 11.7 Å². The van der Waals surface area contributed by atoms with Crippen LogP contribution in [0.5, 0.6) is 5.75 Å². The Kier molecular flexibility index (Phi) is 3.79. The van der Waals surface area contributed by atoms with E-state index >= 15 is 0 Å². The van der Waals surface area contributed by atoms with Gasteiger partial charge in [-0.05, 0) is 30.3 Å². The van der Waals surface area contributed by atoms with Gasteiger partial charge in [0.25, 0.3) is 0 Å². The topological polar surface area (TPSA) is 22.4 Å². The van der Waals surface area contributed by atoms with E-state index in [2.05, 4.69) is 0 Å². The number of furan rings is 1. The Balaban J connectivity index is 2.52. The van der Waals surface area contributed by atoms with Crippen molar-refractivity contribution in [1.29, 1.82) is 0 Å². The zero-order valence-electron chi connectivity index (χ0n) is 11.4. The van der Waals surface area contributed by atoms with E-state index in [-0.39, 0.29) is 5.92 Å². The minimum absolute atomic E-state index is 0.167. The summed E-state index contributed by atoms with van der Waals surface area (Å²) in [5, 5.41) is 0. The van der Waals surface area contributed by atoms with Gasteiger partial charge >= 0.3 is 6.18 Å². The van der Waals surface area contributed by atoms with Gasteiger partial charge in [0.1, 0.15) is 17.3 Å². The fourth-order valence-electron chi connectivity index (χ4n) is 1.88. The third kappa shape index (κ3) is 2.81. The van der Waals surface area contributed by atoms with Crippen LogP contribution in [-0.2, 0) is 6.18 Å². The Morgan fingerprint density at radius 1 is 1.10 bits per heavy atom. The molecule has 0 atom stereocenters. The second-order valence-electron chi connectivity index (χ2n) is 4.77. The molecule has 1 aromatic carbocycles. The molecule has 2 aromatic rings. The van der Waals surface area contributed by atoms with Crippen LogP contribution in [0.2, 0.25) is 0 Å². The second kappa shape index (κ2) is 5.23. The number of halogens is 3. The number of hydrogen-bond donors (Lipinski definition) is 0. The van der Waals surface area contributed by atoms with Crippen molar-refractivity contribution in [2.75, 3.05) is 7.11 Å². The molecule has 0 aliphatic rings. The molecule has 0 radical (unpaired) electrons. The van der Waals surface area contributed by atoms with E-state index in [0.29, 0.717) is 17.1 Å². The highest BCUT2D eigenvalue weighted by atomic mass is 19.4. The van der Waals surface area contributed by atoms with Gasteiger partial charge in [0, 0.05) is 5.92 Å². The van der Waals surface area contributed by atoms with Crippen molar-refractivity contribution in [3.8, 4) is 17.1 Å². The average molecular weight is 284 g/mol. The molecule has 0 saturated heterocycles. The highest BCUT2D eigenvalue weighted by Crippen LogP contribution is 2.38. The lowest BCUT2D eigenvalue weighted by Crippen LogP contribution is -2.05. The van der Waals surface area contributed by atoms with E-state index in [1.165, 1.54) is 13.2 Å². The zero-order valence-corrected chi connectivity index (χ0v) is 11.4. The Hall–Kier alpha value is -1.91. The smallest absolute Gasteiger partial charge is 0.416 e. The predicted molar refractivity (Wildman–Crippen MR) is 69.8 cm³/mol. The summed E-state index contributed by atoms with van der Waals surface area (Å²) in [6.45, 7) is 3.90. The molecule has 0 unspecified atom stereocenters. The first kappa shape index (κ1) is 14.5. The predicted octanol–water partition coefficient (Wildman–Crippen LogP) is 5.10. The van der Waals surface area contributed by atoms with E-state index in [1.54, 1.807) is 12.1 Å². The van der Waals surface area contributed by atoms with Crippen molar-refractivity contribution in [3.63, 3.8) is 0 Å². The maximum absolute atomic E-state index is 12.8. The van der Waals surface area contributed by atoms with Crippen LogP contribution in [0, 0.1) is 0 Å². The number of rotatable bonds is 3. The fourth-order valence-corrected chi connectivity index (χ4v) is 1.88. The maximum Gasteiger partial charge on any atom is 0.416 e. The highest BCUT2D eigenvalue weighted by Gasteiger charge is 2.31. The second-order valence-corrected chi connectivity index (χ2v) is 4.77. The van der Waals surface area contributed by atoms with E-state index in [1.807, 2.05) is 13.8 Å². The molecular formula is C15H15F3O2. The molecule has 1 aromatic heterocycles. The lowest BCUT2D eigenvalue weighted by Gasteiger charge is -2.11. The molecule has 2 nitrogen and oxygen atoms in total. The van der Waals surface area contributed by atoms with Crippen LogP contribution < -0.4 is 4.74 Å². The lowest BCUT2D eigenvalue weighted by atomic mass is 10.1. The minimum atomic E-state index is -4.39. The summed E-state index contributed by atoms with van der Waals surface area (Å²) in [6.07, 6.45) is -4.39. The number of ether oxygens (including phenoxy) is 1. The van der Waals surface area contributed by atoms with Gasteiger partial charge in [-0.15, -0.1) is 0 Å². The van der Waals surface area contributed by atoms with Crippen LogP contribution in [0.4, 0.5) is 13.2 Å². The monoisotopic (exact) mass is 284 g/mol. The quantitative estimate of drug-likeness (QED) is 0.782. The SMILES string of the molecule is COc1ccc(C(F)(F)F)cc1-c1ccc(C(C)C)o1. The van der Waals surface area contributed by atoms with Crippen molar-refractivity contribution in [2.45, 2.75) is 25.9 Å². The van der Waals surface area contributed by atoms with Gasteiger partial charge in [0.2, 0.25) is 0 Å². The molecule has 0 aliphatic carbocycles. The molecule has 0 N–H and O–H groups in total. The molecule has 0 saturated carbocycles. The summed E-state index contributed by atoms with van der Waals surface area (Å²) in [7, 11) is 1.42. The lowest BCUT2D eigenvalue weighted by molar-refractivity contribution is -0.137. The van der Waals surface area contributed by atoms with Crippen LogP contribution >= 0.6 is 0 Å². The zero-order chi connectivity index (χ0) is 14.9. The molecule has 108 valence electrons. The molecule has 0 bridgehead atoms. The minimum Gasteiger partial charge on any atom is -0.496 e. The average Bonchev–Trinajstić information content (AvgIpc) is 2.86. The van der Waals surface area contributed by atoms with Crippen LogP contribution in [0.3, 0.4) is 0 Å². The van der Waals surface area contributed by atoms with Gasteiger partial charge in [0.15, 0.2) is 0 Å². The maximum atomic E-state index is 12.8. The van der Waals surface area contributed by atoms with Gasteiger partial charge < -0.3 is 9.15 Å². The summed E-state index contributed by atoms with van der Waals surface area (Å²) in [6, 6.07) is 6.76. The van der Waals surface area contributed by atoms with Crippen LogP contribution in [-0.4, -0.2) is 7.11 Å². The van der Waals surface area contributed by atoms with Crippen LogP contribution in [0.15, 0.2) is 34.7 Å². The van der Waals surface area contributed by atoms with Crippen molar-refractivity contribution in [2.24, 2.45) is 0 Å². The van der Waals surface area contributed by atoms with Gasteiger partial charge in [-0.25, -0.2) is 0 Å². The third-order valence-corrected chi connectivity index (χ3v) is 2.99. The van der Waals surface area contributed by atoms with E-state index in [9.17, 15) is 13.2 Å². The standard InChI is InChI=1S/C15H15F3O2/c1-9(2)12-6-7-14(20-12)11-8-10(15(16,17)18)4-5-13(11)19-3/h4-9H,1-3H3. The summed E-state index contributed by atoms with van der Waals surface area (Å²) in [5.74, 6) is 1.61. The Labute approximate surface area is 115 Å². The summed E-state index contributed by atoms with van der Waals surface area (Å²) in [5.41, 5.74) is -0.426. The number of hydrogen-bond acceptors (Lipinski definition) is 2. The van der Waals surface area contributed by atoms with E-state index in [4.69, 9.17) is 9.15 Å². The van der Waals surface area contributed by atoms with Crippen molar-refractivity contribution in [1.82, 2.24) is 0 Å². The first-order valence-electron chi connectivity index (χ1n) is 6.18. The molecule has 0 spiro atoms. The summed E-state index contributed by atoms with van der Waals surface area (Å²) in [4.78, 5) is 0. The van der Waals surface area contributed by atoms with Crippen molar-refractivity contribution < 1.29 is 22.3 Å². The summed E-state index contributed by atoms with van der Waals surface area (Å²) < 4.78 is 49.0. The normalized spacial score (nSPS) is 11.9. The molecular weight excluding hydrogens is 269 g/mol. The number of methoxy groups -OCH3 is 1. The third-order valence-electron chi connectivity index (χ3n) is 2.99. The van der Waals surface area contributed by atoms with Crippen LogP contribution in [0.25, 0.3) is 11.3 Å². The molecule has 1 heterocycles. The molecule has 0 aliphatic heterocycles. The molecule has 20 heavy (non-hydrogen) atoms. The molecule has 0 amide bonds. The van der Waals surface area contributed by atoms with E-state index in [0.717, 1.165) is 17.9 Å². The van der Waals surface area contributed by atoms with Crippen molar-refractivity contribution in [3.05, 3.63) is 41.7 Å². The Morgan fingerprint density at radius 2 is 1.80 bits per heavy atom. The highest BCUT2D eigenvalue weighted by molar-refractivity contribution is 5.67. The Bertz CT molecular complexity index is 597.